The number of hydrogen-bond acceptors (Lipinski definition) is 3. The zero-order valence-electron chi connectivity index (χ0n) is 25.2. The van der Waals surface area contributed by atoms with E-state index < -0.39 is 12.1 Å². The first-order valence-electron chi connectivity index (χ1n) is 16.2. The summed E-state index contributed by atoms with van der Waals surface area (Å²) in [6, 6.07) is -0.637. The van der Waals surface area contributed by atoms with Gasteiger partial charge in [-0.3, -0.25) is 4.79 Å². The van der Waals surface area contributed by atoms with Crippen LogP contribution in [0, 0.1) is 0 Å². The maximum atomic E-state index is 12.0. The molecule has 0 aliphatic rings. The van der Waals surface area contributed by atoms with Crippen molar-refractivity contribution in [3.05, 3.63) is 36.5 Å². The first kappa shape index (κ1) is 36.6. The third kappa shape index (κ3) is 26.2. The number of hydrogen-bond donors (Lipinski definition) is 3. The molecule has 4 nitrogen and oxygen atoms in total. The standard InChI is InChI=1S/C34H63NO3/c1-3-5-7-9-10-11-12-13-14-15-16-17-18-19-20-21-22-23-24-25-26-27-29-33(37)32(31-36)35-34(38)30-28-8-6-4-2/h19-20,23-24,27,29,32-33,36-37H,3-18,21-22,25-26,28,30-31H2,1-2H3,(H,35,38)/b20-19+,24-23+,29-27+. The van der Waals surface area contributed by atoms with Crippen LogP contribution >= 0.6 is 0 Å². The Morgan fingerprint density at radius 3 is 1.53 bits per heavy atom. The molecule has 0 spiro atoms. The molecule has 0 aliphatic heterocycles. The van der Waals surface area contributed by atoms with Crippen LogP contribution in [0.15, 0.2) is 36.5 Å². The fourth-order valence-electron chi connectivity index (χ4n) is 4.56. The molecule has 4 heteroatoms. The van der Waals surface area contributed by atoms with E-state index in [0.717, 1.165) is 51.4 Å². The third-order valence-electron chi connectivity index (χ3n) is 7.10. The molecule has 0 aromatic heterocycles. The second-order valence-electron chi connectivity index (χ2n) is 10.9. The smallest absolute Gasteiger partial charge is 0.220 e. The Hall–Kier alpha value is -1.39. The summed E-state index contributed by atoms with van der Waals surface area (Å²) < 4.78 is 0. The molecule has 0 heterocycles. The van der Waals surface area contributed by atoms with Crippen LogP contribution in [0.2, 0.25) is 0 Å². The number of aliphatic hydroxyl groups excluding tert-OH is 2. The van der Waals surface area contributed by atoms with E-state index in [1.165, 1.54) is 83.5 Å². The van der Waals surface area contributed by atoms with Crippen LogP contribution in [0.25, 0.3) is 0 Å². The molecule has 0 aromatic rings. The molecule has 0 bridgehead atoms. The van der Waals surface area contributed by atoms with Crippen molar-refractivity contribution < 1.29 is 15.0 Å². The Morgan fingerprint density at radius 1 is 0.605 bits per heavy atom. The van der Waals surface area contributed by atoms with Crippen molar-refractivity contribution in [1.82, 2.24) is 5.32 Å². The number of carbonyl (C=O) groups is 1. The molecule has 0 aromatic carbocycles. The lowest BCUT2D eigenvalue weighted by atomic mass is 10.0. The highest BCUT2D eigenvalue weighted by Gasteiger charge is 2.17. The third-order valence-corrected chi connectivity index (χ3v) is 7.10. The lowest BCUT2D eigenvalue weighted by Gasteiger charge is -2.19. The largest absolute Gasteiger partial charge is 0.394 e. The molecule has 38 heavy (non-hydrogen) atoms. The molecule has 3 N–H and O–H groups in total. The molecule has 0 fully saturated rings. The minimum absolute atomic E-state index is 0.0985. The van der Waals surface area contributed by atoms with Crippen LogP contribution in [0.5, 0.6) is 0 Å². The van der Waals surface area contributed by atoms with Crippen molar-refractivity contribution in [1.29, 1.82) is 0 Å². The Labute approximate surface area is 236 Å². The molecule has 0 saturated carbocycles. The van der Waals surface area contributed by atoms with Gasteiger partial charge < -0.3 is 15.5 Å². The highest BCUT2D eigenvalue weighted by Crippen LogP contribution is 2.13. The second-order valence-corrected chi connectivity index (χ2v) is 10.9. The monoisotopic (exact) mass is 533 g/mol. The van der Waals surface area contributed by atoms with E-state index in [9.17, 15) is 15.0 Å². The summed E-state index contributed by atoms with van der Waals surface area (Å²) >= 11 is 0. The van der Waals surface area contributed by atoms with Gasteiger partial charge in [-0.1, -0.05) is 140 Å². The highest BCUT2D eigenvalue weighted by molar-refractivity contribution is 5.76. The van der Waals surface area contributed by atoms with Gasteiger partial charge in [0.2, 0.25) is 5.91 Å². The number of aliphatic hydroxyl groups is 2. The van der Waals surface area contributed by atoms with Gasteiger partial charge in [-0.2, -0.15) is 0 Å². The maximum absolute atomic E-state index is 12.0. The molecular formula is C34H63NO3. The molecule has 0 saturated heterocycles. The van der Waals surface area contributed by atoms with E-state index in [2.05, 4.69) is 43.5 Å². The summed E-state index contributed by atoms with van der Waals surface area (Å²) in [4.78, 5) is 12.0. The average molecular weight is 534 g/mol. The van der Waals surface area contributed by atoms with E-state index in [1.807, 2.05) is 6.08 Å². The first-order chi connectivity index (χ1) is 18.7. The Kier molecular flexibility index (Phi) is 29.1. The summed E-state index contributed by atoms with van der Waals surface area (Å²) in [6.45, 7) is 4.16. The number of nitrogens with one attached hydrogen (secondary N) is 1. The summed E-state index contributed by atoms with van der Waals surface area (Å²) in [6.07, 6.45) is 38.4. The minimum Gasteiger partial charge on any atom is -0.394 e. The lowest BCUT2D eigenvalue weighted by molar-refractivity contribution is -0.123. The Balaban J connectivity index is 3.62. The van der Waals surface area contributed by atoms with Gasteiger partial charge >= 0.3 is 0 Å². The summed E-state index contributed by atoms with van der Waals surface area (Å²) in [5.41, 5.74) is 0. The van der Waals surface area contributed by atoms with Crippen molar-refractivity contribution in [2.45, 2.75) is 167 Å². The minimum atomic E-state index is -0.862. The van der Waals surface area contributed by atoms with Crippen LogP contribution in [0.4, 0.5) is 0 Å². The Bertz CT molecular complexity index is 584. The van der Waals surface area contributed by atoms with E-state index in [0.29, 0.717) is 6.42 Å². The van der Waals surface area contributed by atoms with Gasteiger partial charge in [0.05, 0.1) is 18.8 Å². The number of allylic oxidation sites excluding steroid dienone is 5. The predicted octanol–water partition coefficient (Wildman–Crippen LogP) is 9.12. The fourth-order valence-corrected chi connectivity index (χ4v) is 4.56. The van der Waals surface area contributed by atoms with Crippen molar-refractivity contribution in [3.63, 3.8) is 0 Å². The van der Waals surface area contributed by atoms with Gasteiger partial charge in [0.15, 0.2) is 0 Å². The van der Waals surface area contributed by atoms with Crippen molar-refractivity contribution in [2.75, 3.05) is 6.61 Å². The van der Waals surface area contributed by atoms with E-state index >= 15 is 0 Å². The highest BCUT2D eigenvalue weighted by atomic mass is 16.3. The molecule has 0 rings (SSSR count). The molecule has 0 radical (unpaired) electrons. The quantitative estimate of drug-likeness (QED) is 0.0693. The Morgan fingerprint density at radius 2 is 1.03 bits per heavy atom. The van der Waals surface area contributed by atoms with E-state index in [4.69, 9.17) is 0 Å². The zero-order chi connectivity index (χ0) is 27.9. The van der Waals surface area contributed by atoms with Gasteiger partial charge in [0.1, 0.15) is 0 Å². The number of unbranched alkanes of at least 4 members (excludes halogenated alkanes) is 17. The summed E-state index contributed by atoms with van der Waals surface area (Å²) in [5.74, 6) is -0.0985. The first-order valence-corrected chi connectivity index (χ1v) is 16.2. The zero-order valence-corrected chi connectivity index (χ0v) is 25.2. The van der Waals surface area contributed by atoms with Crippen LogP contribution in [0.1, 0.15) is 155 Å². The fraction of sp³-hybridized carbons (Fsp3) is 0.794. The topological polar surface area (TPSA) is 69.6 Å². The van der Waals surface area contributed by atoms with Gasteiger partial charge in [0.25, 0.3) is 0 Å². The van der Waals surface area contributed by atoms with Gasteiger partial charge in [-0.25, -0.2) is 0 Å². The molecule has 2 atom stereocenters. The SMILES string of the molecule is CCCCCCCCCCCCCC/C=C/CC/C=C/CC/C=C/C(O)C(CO)NC(=O)CCCCCC. The molecule has 2 unspecified atom stereocenters. The lowest BCUT2D eigenvalue weighted by Crippen LogP contribution is -2.45. The van der Waals surface area contributed by atoms with Gasteiger partial charge in [0, 0.05) is 6.42 Å². The van der Waals surface area contributed by atoms with Crippen LogP contribution in [-0.2, 0) is 4.79 Å². The van der Waals surface area contributed by atoms with Crippen LogP contribution in [0.3, 0.4) is 0 Å². The summed E-state index contributed by atoms with van der Waals surface area (Å²) in [5, 5.41) is 22.5. The van der Waals surface area contributed by atoms with Crippen LogP contribution in [-0.4, -0.2) is 34.9 Å². The van der Waals surface area contributed by atoms with Crippen molar-refractivity contribution >= 4 is 5.91 Å². The predicted molar refractivity (Wildman–Crippen MR) is 165 cm³/mol. The molecule has 222 valence electrons. The van der Waals surface area contributed by atoms with Crippen molar-refractivity contribution in [3.8, 4) is 0 Å². The van der Waals surface area contributed by atoms with E-state index in [1.54, 1.807) is 6.08 Å². The number of rotatable bonds is 28. The van der Waals surface area contributed by atoms with Crippen LogP contribution < -0.4 is 5.32 Å². The average Bonchev–Trinajstić information content (AvgIpc) is 2.92. The summed E-state index contributed by atoms with van der Waals surface area (Å²) in [7, 11) is 0. The van der Waals surface area contributed by atoms with Crippen molar-refractivity contribution in [2.24, 2.45) is 0 Å². The maximum Gasteiger partial charge on any atom is 0.220 e. The van der Waals surface area contributed by atoms with E-state index in [-0.39, 0.29) is 12.5 Å². The normalized spacial score (nSPS) is 13.7. The molecular weight excluding hydrogens is 470 g/mol. The number of carbonyl (C=O) groups excluding carboxylic acids is 1. The van der Waals surface area contributed by atoms with Gasteiger partial charge in [-0.15, -0.1) is 0 Å². The van der Waals surface area contributed by atoms with Gasteiger partial charge in [-0.05, 0) is 44.9 Å². The number of amides is 1. The second kappa shape index (κ2) is 30.2. The molecule has 0 aliphatic carbocycles. The molecule has 1 amide bonds.